The number of carboxylic acids is 1. The highest BCUT2D eigenvalue weighted by molar-refractivity contribution is 6.30. The van der Waals surface area contributed by atoms with Gasteiger partial charge < -0.3 is 20.5 Å². The van der Waals surface area contributed by atoms with Crippen LogP contribution in [-0.4, -0.2) is 45.5 Å². The summed E-state index contributed by atoms with van der Waals surface area (Å²) in [6.45, 7) is 1.43. The van der Waals surface area contributed by atoms with Crippen molar-refractivity contribution in [1.29, 1.82) is 0 Å². The summed E-state index contributed by atoms with van der Waals surface area (Å²) in [4.78, 5) is 18.2. The molecule has 2 aromatic heterocycles. The van der Waals surface area contributed by atoms with E-state index in [9.17, 15) is 14.3 Å². The van der Waals surface area contributed by atoms with Gasteiger partial charge in [0, 0.05) is 48.5 Å². The molecule has 3 aromatic rings. The van der Waals surface area contributed by atoms with Gasteiger partial charge in [0.15, 0.2) is 0 Å². The van der Waals surface area contributed by atoms with Crippen LogP contribution in [0.3, 0.4) is 0 Å². The Morgan fingerprint density at radius 2 is 2.20 bits per heavy atom. The molecule has 0 bridgehead atoms. The van der Waals surface area contributed by atoms with Crippen LogP contribution in [-0.2, 0) is 11.8 Å². The Balaban J connectivity index is 1.75. The molecule has 1 unspecified atom stereocenters. The summed E-state index contributed by atoms with van der Waals surface area (Å²) in [5.41, 5.74) is 6.69. The molecule has 0 saturated carbocycles. The number of ether oxygens (including phenoxy) is 1. The molecule has 8 nitrogen and oxygen atoms in total. The van der Waals surface area contributed by atoms with Gasteiger partial charge in [-0.15, -0.1) is 0 Å². The van der Waals surface area contributed by atoms with E-state index in [4.69, 9.17) is 22.1 Å². The number of benzene rings is 1. The second-order valence-electron chi connectivity index (χ2n) is 6.98. The average Bonchev–Trinajstić information content (AvgIpc) is 3.13. The van der Waals surface area contributed by atoms with Gasteiger partial charge in [-0.3, -0.25) is 4.68 Å². The van der Waals surface area contributed by atoms with E-state index in [0.29, 0.717) is 25.5 Å². The smallest absolute Gasteiger partial charge is 0.340 e. The van der Waals surface area contributed by atoms with Crippen molar-refractivity contribution in [3.63, 3.8) is 0 Å². The molecule has 3 heterocycles. The first kappa shape index (κ1) is 20.1. The Kier molecular flexibility index (Phi) is 5.31. The van der Waals surface area contributed by atoms with Crippen molar-refractivity contribution in [2.45, 2.75) is 6.10 Å². The number of carboxylic acid groups (broad SMARTS) is 1. The number of nitrogen functional groups attached to an aromatic ring is 1. The van der Waals surface area contributed by atoms with Gasteiger partial charge in [-0.1, -0.05) is 11.6 Å². The van der Waals surface area contributed by atoms with E-state index in [1.54, 1.807) is 10.9 Å². The molecule has 1 saturated heterocycles. The number of aryl methyl sites for hydroxylation is 1. The second kappa shape index (κ2) is 7.92. The zero-order chi connectivity index (χ0) is 21.4. The first-order chi connectivity index (χ1) is 14.3. The van der Waals surface area contributed by atoms with Crippen molar-refractivity contribution in [3.8, 4) is 11.3 Å². The number of rotatable bonds is 4. The summed E-state index contributed by atoms with van der Waals surface area (Å²) in [5.74, 6) is -1.52. The molecule has 3 N–H and O–H groups in total. The molecule has 0 aliphatic carbocycles. The van der Waals surface area contributed by atoms with Gasteiger partial charge in [0.05, 0.1) is 24.2 Å². The zero-order valence-corrected chi connectivity index (χ0v) is 16.8. The Labute approximate surface area is 176 Å². The summed E-state index contributed by atoms with van der Waals surface area (Å²) in [5, 5.41) is 14.0. The van der Waals surface area contributed by atoms with Gasteiger partial charge in [0.25, 0.3) is 0 Å². The van der Waals surface area contributed by atoms with Crippen LogP contribution in [0.4, 0.5) is 15.9 Å². The minimum absolute atomic E-state index is 0.00118. The van der Waals surface area contributed by atoms with Crippen LogP contribution in [0, 0.1) is 5.82 Å². The monoisotopic (exact) mass is 431 g/mol. The fraction of sp³-hybridized carbons (Fsp3) is 0.250. The van der Waals surface area contributed by atoms with Crippen molar-refractivity contribution in [1.82, 2.24) is 14.8 Å². The van der Waals surface area contributed by atoms with Crippen LogP contribution in [0.5, 0.6) is 0 Å². The summed E-state index contributed by atoms with van der Waals surface area (Å²) >= 11 is 5.84. The molecule has 10 heteroatoms. The molecule has 0 spiro atoms. The van der Waals surface area contributed by atoms with E-state index in [1.807, 2.05) is 18.1 Å². The summed E-state index contributed by atoms with van der Waals surface area (Å²) in [6, 6.07) is 5.48. The second-order valence-corrected chi connectivity index (χ2v) is 7.41. The van der Waals surface area contributed by atoms with Gasteiger partial charge in [0.1, 0.15) is 23.3 Å². The fourth-order valence-electron chi connectivity index (χ4n) is 3.48. The number of halogens is 2. The Morgan fingerprint density at radius 1 is 1.40 bits per heavy atom. The van der Waals surface area contributed by atoms with Crippen molar-refractivity contribution >= 4 is 29.1 Å². The number of aromatic carboxylic acids is 1. The lowest BCUT2D eigenvalue weighted by Crippen LogP contribution is -2.39. The molecular formula is C20H19ClFN5O3. The first-order valence-corrected chi connectivity index (χ1v) is 9.55. The predicted octanol–water partition coefficient (Wildman–Crippen LogP) is 3.13. The maximum absolute atomic E-state index is 14.6. The van der Waals surface area contributed by atoms with E-state index < -0.39 is 11.8 Å². The molecule has 1 aromatic carbocycles. The van der Waals surface area contributed by atoms with Crippen LogP contribution in [0.1, 0.15) is 22.0 Å². The summed E-state index contributed by atoms with van der Waals surface area (Å²) < 4.78 is 22.1. The van der Waals surface area contributed by atoms with Crippen molar-refractivity contribution in [2.24, 2.45) is 7.05 Å². The van der Waals surface area contributed by atoms with E-state index in [2.05, 4.69) is 10.1 Å². The summed E-state index contributed by atoms with van der Waals surface area (Å²) in [7, 11) is 1.82. The topological polar surface area (TPSA) is 106 Å². The minimum atomic E-state index is -1.29. The number of hydrogen-bond acceptors (Lipinski definition) is 6. The number of nitrogens with zero attached hydrogens (tertiary/aromatic N) is 4. The lowest BCUT2D eigenvalue weighted by molar-refractivity contribution is 0.0395. The minimum Gasteiger partial charge on any atom is -0.478 e. The highest BCUT2D eigenvalue weighted by Crippen LogP contribution is 2.34. The van der Waals surface area contributed by atoms with E-state index in [-0.39, 0.29) is 33.6 Å². The number of hydrogen-bond donors (Lipinski definition) is 2. The Bertz CT molecular complexity index is 1120. The normalized spacial score (nSPS) is 16.6. The third-order valence-electron chi connectivity index (χ3n) is 4.92. The van der Waals surface area contributed by atoms with E-state index in [0.717, 1.165) is 11.6 Å². The van der Waals surface area contributed by atoms with E-state index >= 15 is 0 Å². The van der Waals surface area contributed by atoms with Gasteiger partial charge in [-0.25, -0.2) is 14.2 Å². The zero-order valence-electron chi connectivity index (χ0n) is 16.0. The number of aromatic nitrogens is 3. The van der Waals surface area contributed by atoms with Crippen LogP contribution >= 0.6 is 11.6 Å². The average molecular weight is 432 g/mol. The number of nitrogens with two attached hydrogens (primary N) is 1. The standard InChI is InChI=1S/C20H19ClFN5O3/c1-26-9-11(8-24-26)16-10-27(4-5-30-16)17-7-15(23)18(20(28)29)19(25-17)13-3-2-12(21)6-14(13)22/h2-3,6-9,16H,4-5,10H2,1H3,(H2,23,25)(H,28,29). The number of pyridine rings is 1. The molecule has 30 heavy (non-hydrogen) atoms. The maximum atomic E-state index is 14.6. The highest BCUT2D eigenvalue weighted by atomic mass is 35.5. The van der Waals surface area contributed by atoms with Crippen molar-refractivity contribution in [2.75, 3.05) is 30.3 Å². The van der Waals surface area contributed by atoms with Crippen LogP contribution in [0.15, 0.2) is 36.7 Å². The molecule has 1 aliphatic heterocycles. The van der Waals surface area contributed by atoms with Crippen molar-refractivity contribution < 1.29 is 19.0 Å². The van der Waals surface area contributed by atoms with Gasteiger partial charge in [-0.05, 0) is 18.2 Å². The molecular weight excluding hydrogens is 413 g/mol. The van der Waals surface area contributed by atoms with Crippen LogP contribution in [0.25, 0.3) is 11.3 Å². The quantitative estimate of drug-likeness (QED) is 0.653. The first-order valence-electron chi connectivity index (χ1n) is 9.18. The summed E-state index contributed by atoms with van der Waals surface area (Å²) in [6.07, 6.45) is 3.38. The molecule has 0 radical (unpaired) electrons. The highest BCUT2D eigenvalue weighted by Gasteiger charge is 2.27. The Hall–Kier alpha value is -3.17. The predicted molar refractivity (Wildman–Crippen MR) is 110 cm³/mol. The maximum Gasteiger partial charge on any atom is 0.340 e. The van der Waals surface area contributed by atoms with Gasteiger partial charge in [-0.2, -0.15) is 5.10 Å². The van der Waals surface area contributed by atoms with Gasteiger partial charge >= 0.3 is 5.97 Å². The van der Waals surface area contributed by atoms with E-state index in [1.165, 1.54) is 18.2 Å². The lowest BCUT2D eigenvalue weighted by atomic mass is 10.0. The molecule has 0 amide bonds. The van der Waals surface area contributed by atoms with Gasteiger partial charge in [0.2, 0.25) is 0 Å². The fourth-order valence-corrected chi connectivity index (χ4v) is 3.64. The van der Waals surface area contributed by atoms with Crippen LogP contribution < -0.4 is 10.6 Å². The van der Waals surface area contributed by atoms with Crippen LogP contribution in [0.2, 0.25) is 5.02 Å². The molecule has 1 atom stereocenters. The molecule has 1 aliphatic rings. The third kappa shape index (κ3) is 3.81. The van der Waals surface area contributed by atoms with Crippen molar-refractivity contribution in [3.05, 3.63) is 58.6 Å². The number of morpholine rings is 1. The lowest BCUT2D eigenvalue weighted by Gasteiger charge is -2.34. The number of anilines is 2. The third-order valence-corrected chi connectivity index (χ3v) is 5.16. The SMILES string of the molecule is Cn1cc(C2CN(c3cc(N)c(C(=O)O)c(-c4ccc(Cl)cc4F)n3)CCO2)cn1. The molecule has 156 valence electrons. The Morgan fingerprint density at radius 3 is 2.87 bits per heavy atom. The molecule has 1 fully saturated rings. The largest absolute Gasteiger partial charge is 0.478 e. The molecule has 4 rings (SSSR count). The number of carbonyl (C=O) groups is 1.